The molecule has 0 saturated heterocycles. The molecule has 0 spiro atoms. The monoisotopic (exact) mass is 275 g/mol. The molecule has 0 unspecified atom stereocenters. The zero-order valence-corrected chi connectivity index (χ0v) is 12.0. The summed E-state index contributed by atoms with van der Waals surface area (Å²) in [4.78, 5) is 1.38. The Labute approximate surface area is 119 Å². The molecule has 2 nitrogen and oxygen atoms in total. The summed E-state index contributed by atoms with van der Waals surface area (Å²) in [6, 6.07) is 12.8. The van der Waals surface area contributed by atoms with Crippen molar-refractivity contribution < 1.29 is 5.11 Å². The van der Waals surface area contributed by atoms with Gasteiger partial charge in [-0.15, -0.1) is 11.3 Å². The van der Waals surface area contributed by atoms with Gasteiger partial charge in [-0.3, -0.25) is 0 Å². The second-order valence-corrected chi connectivity index (χ2v) is 5.62. The summed E-state index contributed by atoms with van der Waals surface area (Å²) in [5, 5.41) is 14.4. The number of rotatable bonds is 8. The SMILES string of the molecule is OCCCCCNCc1cc(-c2ccccc2)cs1. The van der Waals surface area contributed by atoms with E-state index in [4.69, 9.17) is 5.11 Å². The van der Waals surface area contributed by atoms with Gasteiger partial charge in [-0.1, -0.05) is 30.3 Å². The number of benzene rings is 1. The first-order chi connectivity index (χ1) is 9.40. The standard InChI is InChI=1S/C16H21NOS/c18-10-6-2-5-9-17-12-16-11-15(13-19-16)14-7-3-1-4-8-14/h1,3-4,7-8,11,13,17-18H,2,5-6,9-10,12H2. The van der Waals surface area contributed by atoms with Gasteiger partial charge in [-0.25, -0.2) is 0 Å². The fourth-order valence-electron chi connectivity index (χ4n) is 2.01. The van der Waals surface area contributed by atoms with Crippen LogP contribution in [0.25, 0.3) is 11.1 Å². The Morgan fingerprint density at radius 2 is 1.84 bits per heavy atom. The van der Waals surface area contributed by atoms with Gasteiger partial charge in [0.05, 0.1) is 0 Å². The highest BCUT2D eigenvalue weighted by atomic mass is 32.1. The Kier molecular flexibility index (Phi) is 6.08. The van der Waals surface area contributed by atoms with Gasteiger partial charge < -0.3 is 10.4 Å². The number of nitrogens with one attached hydrogen (secondary N) is 1. The lowest BCUT2D eigenvalue weighted by Crippen LogP contribution is -2.13. The van der Waals surface area contributed by atoms with Crippen LogP contribution in [0.3, 0.4) is 0 Å². The van der Waals surface area contributed by atoms with Crippen LogP contribution >= 0.6 is 11.3 Å². The van der Waals surface area contributed by atoms with Crippen molar-refractivity contribution in [3.05, 3.63) is 46.7 Å². The number of aliphatic hydroxyl groups is 1. The molecule has 2 N–H and O–H groups in total. The maximum Gasteiger partial charge on any atom is 0.0431 e. The molecule has 0 atom stereocenters. The second-order valence-electron chi connectivity index (χ2n) is 4.63. The highest BCUT2D eigenvalue weighted by molar-refractivity contribution is 7.10. The summed E-state index contributed by atoms with van der Waals surface area (Å²) in [6.45, 7) is 2.28. The molecule has 19 heavy (non-hydrogen) atoms. The molecule has 0 aliphatic rings. The quantitative estimate of drug-likeness (QED) is 0.721. The summed E-state index contributed by atoms with van der Waals surface area (Å²) < 4.78 is 0. The maximum absolute atomic E-state index is 8.69. The number of hydrogen-bond donors (Lipinski definition) is 2. The zero-order valence-electron chi connectivity index (χ0n) is 11.1. The average Bonchev–Trinajstić information content (AvgIpc) is 2.92. The van der Waals surface area contributed by atoms with Gasteiger partial charge in [0.15, 0.2) is 0 Å². The summed E-state index contributed by atoms with van der Waals surface area (Å²) in [7, 11) is 0. The molecule has 1 aromatic carbocycles. The molecule has 0 saturated carbocycles. The molecule has 0 aliphatic heterocycles. The molecule has 0 aliphatic carbocycles. The van der Waals surface area contributed by atoms with Gasteiger partial charge in [0.1, 0.15) is 0 Å². The van der Waals surface area contributed by atoms with Crippen LogP contribution in [0.2, 0.25) is 0 Å². The van der Waals surface area contributed by atoms with Crippen LogP contribution in [0.1, 0.15) is 24.1 Å². The summed E-state index contributed by atoms with van der Waals surface area (Å²) >= 11 is 1.81. The van der Waals surface area contributed by atoms with E-state index in [2.05, 4.69) is 41.0 Å². The minimum absolute atomic E-state index is 0.311. The van der Waals surface area contributed by atoms with Crippen molar-refractivity contribution in [1.82, 2.24) is 5.32 Å². The van der Waals surface area contributed by atoms with Gasteiger partial charge in [0.25, 0.3) is 0 Å². The molecule has 1 heterocycles. The molecule has 102 valence electrons. The van der Waals surface area contributed by atoms with Crippen LogP contribution in [0.4, 0.5) is 0 Å². The molecule has 0 radical (unpaired) electrons. The predicted molar refractivity (Wildman–Crippen MR) is 82.4 cm³/mol. The van der Waals surface area contributed by atoms with Crippen LogP contribution in [-0.2, 0) is 6.54 Å². The van der Waals surface area contributed by atoms with Crippen molar-refractivity contribution in [2.75, 3.05) is 13.2 Å². The van der Waals surface area contributed by atoms with E-state index in [0.29, 0.717) is 6.61 Å². The Bertz CT molecular complexity index is 467. The van der Waals surface area contributed by atoms with E-state index in [9.17, 15) is 0 Å². The molecule has 2 rings (SSSR count). The molecule has 0 bridgehead atoms. The van der Waals surface area contributed by atoms with Crippen molar-refractivity contribution in [3.63, 3.8) is 0 Å². The molecule has 0 amide bonds. The molecular formula is C16H21NOS. The Balaban J connectivity index is 1.75. The van der Waals surface area contributed by atoms with E-state index < -0.39 is 0 Å². The minimum atomic E-state index is 0.311. The van der Waals surface area contributed by atoms with E-state index in [1.165, 1.54) is 16.0 Å². The number of aliphatic hydroxyl groups excluding tert-OH is 1. The number of thiophene rings is 1. The lowest BCUT2D eigenvalue weighted by Gasteiger charge is -2.02. The smallest absolute Gasteiger partial charge is 0.0431 e. The van der Waals surface area contributed by atoms with Crippen LogP contribution < -0.4 is 5.32 Å². The third kappa shape index (κ3) is 4.78. The van der Waals surface area contributed by atoms with Gasteiger partial charge in [0, 0.05) is 18.0 Å². The van der Waals surface area contributed by atoms with Crippen molar-refractivity contribution in [2.24, 2.45) is 0 Å². The topological polar surface area (TPSA) is 32.3 Å². The molecule has 1 aromatic heterocycles. The molecular weight excluding hydrogens is 254 g/mol. The van der Waals surface area contributed by atoms with Crippen molar-refractivity contribution in [2.45, 2.75) is 25.8 Å². The van der Waals surface area contributed by atoms with Gasteiger partial charge in [-0.05, 0) is 48.4 Å². The van der Waals surface area contributed by atoms with Crippen molar-refractivity contribution in [3.8, 4) is 11.1 Å². The summed E-state index contributed by atoms with van der Waals surface area (Å²) in [5.74, 6) is 0. The van der Waals surface area contributed by atoms with Gasteiger partial charge in [0.2, 0.25) is 0 Å². The fraction of sp³-hybridized carbons (Fsp3) is 0.375. The van der Waals surface area contributed by atoms with Crippen LogP contribution in [0.15, 0.2) is 41.8 Å². The van der Waals surface area contributed by atoms with E-state index in [-0.39, 0.29) is 0 Å². The third-order valence-electron chi connectivity index (χ3n) is 3.07. The van der Waals surface area contributed by atoms with E-state index in [0.717, 1.165) is 32.4 Å². The van der Waals surface area contributed by atoms with E-state index >= 15 is 0 Å². The van der Waals surface area contributed by atoms with Crippen LogP contribution in [-0.4, -0.2) is 18.3 Å². The maximum atomic E-state index is 8.69. The van der Waals surface area contributed by atoms with Crippen molar-refractivity contribution in [1.29, 1.82) is 0 Å². The Hall–Kier alpha value is -1.16. The third-order valence-corrected chi connectivity index (χ3v) is 4.01. The average molecular weight is 275 g/mol. The Morgan fingerprint density at radius 1 is 1.00 bits per heavy atom. The zero-order chi connectivity index (χ0) is 13.3. The van der Waals surface area contributed by atoms with Crippen LogP contribution in [0, 0.1) is 0 Å². The number of hydrogen-bond acceptors (Lipinski definition) is 3. The first-order valence-corrected chi connectivity index (χ1v) is 7.72. The summed E-state index contributed by atoms with van der Waals surface area (Å²) in [5.41, 5.74) is 2.59. The second kappa shape index (κ2) is 8.10. The highest BCUT2D eigenvalue weighted by Gasteiger charge is 2.01. The Morgan fingerprint density at radius 3 is 2.63 bits per heavy atom. The number of unbranched alkanes of at least 4 members (excludes halogenated alkanes) is 2. The largest absolute Gasteiger partial charge is 0.396 e. The summed E-state index contributed by atoms with van der Waals surface area (Å²) in [6.07, 6.45) is 3.15. The van der Waals surface area contributed by atoms with E-state index in [1.54, 1.807) is 0 Å². The molecule has 2 aromatic rings. The normalized spacial score (nSPS) is 10.8. The minimum Gasteiger partial charge on any atom is -0.396 e. The lowest BCUT2D eigenvalue weighted by atomic mass is 10.1. The fourth-order valence-corrected chi connectivity index (χ4v) is 2.87. The molecule has 0 fully saturated rings. The van der Waals surface area contributed by atoms with Gasteiger partial charge in [-0.2, -0.15) is 0 Å². The van der Waals surface area contributed by atoms with Crippen LogP contribution in [0.5, 0.6) is 0 Å². The predicted octanol–water partition coefficient (Wildman–Crippen LogP) is 3.67. The first-order valence-electron chi connectivity index (χ1n) is 6.84. The highest BCUT2D eigenvalue weighted by Crippen LogP contribution is 2.25. The lowest BCUT2D eigenvalue weighted by molar-refractivity contribution is 0.283. The van der Waals surface area contributed by atoms with Gasteiger partial charge >= 0.3 is 0 Å². The van der Waals surface area contributed by atoms with E-state index in [1.807, 2.05) is 17.4 Å². The first kappa shape index (κ1) is 14.3. The molecule has 3 heteroatoms. The van der Waals surface area contributed by atoms with Crippen molar-refractivity contribution >= 4 is 11.3 Å².